The number of methoxy groups -OCH3 is 2. The minimum atomic E-state index is 0.571. The molecule has 3 nitrogen and oxygen atoms in total. The molecule has 0 unspecified atom stereocenters. The quantitative estimate of drug-likeness (QED) is 0.830. The molecule has 0 atom stereocenters. The third-order valence-electron chi connectivity index (χ3n) is 2.12. The molecule has 0 aromatic heterocycles. The van der Waals surface area contributed by atoms with E-state index in [2.05, 4.69) is 11.9 Å². The summed E-state index contributed by atoms with van der Waals surface area (Å²) in [7, 11) is 3.28. The number of hydrogen-bond acceptors (Lipinski definition) is 3. The van der Waals surface area contributed by atoms with Gasteiger partial charge in [-0.1, -0.05) is 18.2 Å². The Bertz CT molecular complexity index is 366. The van der Waals surface area contributed by atoms with Crippen molar-refractivity contribution in [3.8, 4) is 11.5 Å². The van der Waals surface area contributed by atoms with Crippen molar-refractivity contribution in [3.63, 3.8) is 0 Å². The molecule has 0 fully saturated rings. The van der Waals surface area contributed by atoms with Gasteiger partial charge < -0.3 is 14.8 Å². The fraction of sp³-hybridized carbons (Fsp3) is 0.333. The van der Waals surface area contributed by atoms with Gasteiger partial charge in [0.05, 0.1) is 14.2 Å². The van der Waals surface area contributed by atoms with E-state index in [9.17, 15) is 0 Å². The summed E-state index contributed by atoms with van der Waals surface area (Å²) in [6.07, 6.45) is 0. The molecule has 4 heteroatoms. The average molecular weight is 242 g/mol. The summed E-state index contributed by atoms with van der Waals surface area (Å²) >= 11 is 5.66. The summed E-state index contributed by atoms with van der Waals surface area (Å²) in [4.78, 5) is 0. The second kappa shape index (κ2) is 6.40. The predicted octanol–water partition coefficient (Wildman–Crippen LogP) is 2.55. The summed E-state index contributed by atoms with van der Waals surface area (Å²) in [6, 6.07) is 5.68. The Morgan fingerprint density at radius 3 is 2.69 bits per heavy atom. The summed E-state index contributed by atoms with van der Waals surface area (Å²) in [6.45, 7) is 4.84. The van der Waals surface area contributed by atoms with Crippen LogP contribution in [0.4, 0.5) is 0 Å². The first-order valence-corrected chi connectivity index (χ1v) is 5.30. The normalized spacial score (nSPS) is 9.94. The Balaban J connectivity index is 2.71. The zero-order chi connectivity index (χ0) is 12.0. The molecule has 0 aliphatic rings. The SMILES string of the molecule is C=C(Cl)CNCc1cc(OC)ccc1OC. The number of hydrogen-bond donors (Lipinski definition) is 1. The topological polar surface area (TPSA) is 30.5 Å². The monoisotopic (exact) mass is 241 g/mol. The number of rotatable bonds is 6. The fourth-order valence-corrected chi connectivity index (χ4v) is 1.45. The lowest BCUT2D eigenvalue weighted by Crippen LogP contribution is -2.15. The van der Waals surface area contributed by atoms with Crippen LogP contribution in [0, 0.1) is 0 Å². The highest BCUT2D eigenvalue weighted by Crippen LogP contribution is 2.23. The summed E-state index contributed by atoms with van der Waals surface area (Å²) in [5.74, 6) is 1.63. The van der Waals surface area contributed by atoms with Crippen LogP contribution in [0.15, 0.2) is 29.8 Å². The van der Waals surface area contributed by atoms with Crippen LogP contribution < -0.4 is 14.8 Å². The zero-order valence-corrected chi connectivity index (χ0v) is 10.3. The lowest BCUT2D eigenvalue weighted by molar-refractivity contribution is 0.397. The molecular weight excluding hydrogens is 226 g/mol. The maximum absolute atomic E-state index is 5.66. The van der Waals surface area contributed by atoms with Gasteiger partial charge in [0.25, 0.3) is 0 Å². The molecule has 16 heavy (non-hydrogen) atoms. The van der Waals surface area contributed by atoms with Gasteiger partial charge in [0.1, 0.15) is 11.5 Å². The summed E-state index contributed by atoms with van der Waals surface area (Å²) < 4.78 is 10.4. The van der Waals surface area contributed by atoms with Crippen molar-refractivity contribution in [2.45, 2.75) is 6.54 Å². The van der Waals surface area contributed by atoms with Crippen molar-refractivity contribution < 1.29 is 9.47 Å². The number of halogens is 1. The molecule has 0 heterocycles. The van der Waals surface area contributed by atoms with Gasteiger partial charge in [0.15, 0.2) is 0 Å². The molecule has 0 aliphatic heterocycles. The lowest BCUT2D eigenvalue weighted by Gasteiger charge is -2.11. The number of ether oxygens (including phenoxy) is 2. The first-order valence-electron chi connectivity index (χ1n) is 4.92. The van der Waals surface area contributed by atoms with Crippen LogP contribution in [0.3, 0.4) is 0 Å². The standard InChI is InChI=1S/C12H16ClNO2/c1-9(13)7-14-8-10-6-11(15-2)4-5-12(10)16-3/h4-6,14H,1,7-8H2,2-3H3. The molecule has 0 spiro atoms. The van der Waals surface area contributed by atoms with E-state index in [1.165, 1.54) is 0 Å². The van der Waals surface area contributed by atoms with Gasteiger partial charge in [-0.2, -0.15) is 0 Å². The maximum Gasteiger partial charge on any atom is 0.123 e. The Morgan fingerprint density at radius 1 is 1.38 bits per heavy atom. The van der Waals surface area contributed by atoms with Crippen molar-refractivity contribution in [2.24, 2.45) is 0 Å². The van der Waals surface area contributed by atoms with Crippen molar-refractivity contribution in [1.82, 2.24) is 5.32 Å². The molecule has 1 N–H and O–H groups in total. The van der Waals surface area contributed by atoms with E-state index >= 15 is 0 Å². The van der Waals surface area contributed by atoms with E-state index in [4.69, 9.17) is 21.1 Å². The van der Waals surface area contributed by atoms with Crippen LogP contribution in [0.25, 0.3) is 0 Å². The Morgan fingerprint density at radius 2 is 2.12 bits per heavy atom. The molecule has 0 bridgehead atoms. The van der Waals surface area contributed by atoms with Crippen molar-refractivity contribution in [1.29, 1.82) is 0 Å². The summed E-state index contributed by atoms with van der Waals surface area (Å²) in [5, 5.41) is 3.75. The molecule has 0 amide bonds. The predicted molar refractivity (Wildman–Crippen MR) is 66.2 cm³/mol. The van der Waals surface area contributed by atoms with Crippen LogP contribution in [0.2, 0.25) is 0 Å². The minimum absolute atomic E-state index is 0.571. The molecule has 0 saturated heterocycles. The third kappa shape index (κ3) is 3.76. The molecular formula is C12H16ClNO2. The largest absolute Gasteiger partial charge is 0.497 e. The Labute approximate surface area is 101 Å². The van der Waals surface area contributed by atoms with Gasteiger partial charge in [-0.3, -0.25) is 0 Å². The highest BCUT2D eigenvalue weighted by molar-refractivity contribution is 6.29. The van der Waals surface area contributed by atoms with Crippen LogP contribution in [0.5, 0.6) is 11.5 Å². The fourth-order valence-electron chi connectivity index (χ4n) is 1.35. The van der Waals surface area contributed by atoms with E-state index in [0.717, 1.165) is 17.1 Å². The van der Waals surface area contributed by atoms with E-state index in [0.29, 0.717) is 18.1 Å². The van der Waals surface area contributed by atoms with Crippen molar-refractivity contribution >= 4 is 11.6 Å². The highest BCUT2D eigenvalue weighted by Gasteiger charge is 2.04. The van der Waals surface area contributed by atoms with Gasteiger partial charge in [0, 0.05) is 23.7 Å². The minimum Gasteiger partial charge on any atom is -0.497 e. The first-order chi connectivity index (χ1) is 7.67. The second-order valence-electron chi connectivity index (χ2n) is 3.30. The molecule has 1 aromatic rings. The Hall–Kier alpha value is -1.19. The van der Waals surface area contributed by atoms with Crippen LogP contribution in [0.1, 0.15) is 5.56 Å². The van der Waals surface area contributed by atoms with E-state index in [1.807, 2.05) is 18.2 Å². The van der Waals surface area contributed by atoms with Crippen LogP contribution in [-0.2, 0) is 6.54 Å². The Kier molecular flexibility index (Phi) is 5.15. The van der Waals surface area contributed by atoms with Gasteiger partial charge in [0.2, 0.25) is 0 Å². The molecule has 0 saturated carbocycles. The van der Waals surface area contributed by atoms with E-state index < -0.39 is 0 Å². The van der Waals surface area contributed by atoms with E-state index in [1.54, 1.807) is 14.2 Å². The number of nitrogens with one attached hydrogen (secondary N) is 1. The van der Waals surface area contributed by atoms with Crippen LogP contribution >= 0.6 is 11.6 Å². The zero-order valence-electron chi connectivity index (χ0n) is 9.55. The average Bonchev–Trinajstić information content (AvgIpc) is 2.28. The van der Waals surface area contributed by atoms with Crippen molar-refractivity contribution in [3.05, 3.63) is 35.4 Å². The molecule has 1 rings (SSSR count). The third-order valence-corrected chi connectivity index (χ3v) is 2.25. The van der Waals surface area contributed by atoms with Gasteiger partial charge >= 0.3 is 0 Å². The van der Waals surface area contributed by atoms with E-state index in [-0.39, 0.29) is 0 Å². The van der Waals surface area contributed by atoms with Gasteiger partial charge in [-0.05, 0) is 18.2 Å². The first kappa shape index (κ1) is 12.9. The van der Waals surface area contributed by atoms with Gasteiger partial charge in [-0.15, -0.1) is 0 Å². The summed E-state index contributed by atoms with van der Waals surface area (Å²) in [5.41, 5.74) is 1.03. The highest BCUT2D eigenvalue weighted by atomic mass is 35.5. The number of benzene rings is 1. The molecule has 0 aliphatic carbocycles. The molecule has 0 radical (unpaired) electrons. The molecule has 88 valence electrons. The van der Waals surface area contributed by atoms with Crippen LogP contribution in [-0.4, -0.2) is 20.8 Å². The maximum atomic E-state index is 5.66. The lowest BCUT2D eigenvalue weighted by atomic mass is 10.2. The molecule has 1 aromatic carbocycles. The smallest absolute Gasteiger partial charge is 0.123 e. The van der Waals surface area contributed by atoms with Crippen molar-refractivity contribution in [2.75, 3.05) is 20.8 Å². The van der Waals surface area contributed by atoms with Gasteiger partial charge in [-0.25, -0.2) is 0 Å². The second-order valence-corrected chi connectivity index (χ2v) is 3.83.